The molecule has 1 amide bonds. The van der Waals surface area contributed by atoms with Crippen LogP contribution in [0.4, 0.5) is 5.69 Å². The van der Waals surface area contributed by atoms with Crippen LogP contribution in [0, 0.1) is 0 Å². The number of methoxy groups -OCH3 is 1. The molecule has 178 valence electrons. The van der Waals surface area contributed by atoms with Crippen LogP contribution in [0.15, 0.2) is 84.0 Å². The third-order valence-electron chi connectivity index (χ3n) is 4.99. The molecule has 0 aliphatic rings. The number of anilines is 1. The van der Waals surface area contributed by atoms with E-state index in [0.717, 1.165) is 17.0 Å². The van der Waals surface area contributed by atoms with Gasteiger partial charge in [0, 0.05) is 16.9 Å². The SMILES string of the molecule is CCOc1ccc(-n2c(SCC(=O)Nc3ccc(C(=O)OC)cc3)nnc2-c2ccccc2)cc1. The fraction of sp³-hybridized carbons (Fsp3) is 0.154. The molecule has 0 aliphatic heterocycles. The molecule has 3 aromatic carbocycles. The van der Waals surface area contributed by atoms with Crippen LogP contribution in [0.3, 0.4) is 0 Å². The minimum atomic E-state index is -0.429. The van der Waals surface area contributed by atoms with Crippen LogP contribution in [0.25, 0.3) is 17.1 Å². The van der Waals surface area contributed by atoms with E-state index in [1.165, 1.54) is 18.9 Å². The molecule has 0 radical (unpaired) electrons. The van der Waals surface area contributed by atoms with E-state index in [0.29, 0.717) is 28.8 Å². The van der Waals surface area contributed by atoms with Gasteiger partial charge in [-0.2, -0.15) is 0 Å². The Morgan fingerprint density at radius 1 is 0.943 bits per heavy atom. The molecule has 1 N–H and O–H groups in total. The molecular formula is C26H24N4O4S. The van der Waals surface area contributed by atoms with Crippen LogP contribution < -0.4 is 10.1 Å². The van der Waals surface area contributed by atoms with E-state index in [1.807, 2.05) is 66.1 Å². The second-order valence-corrected chi connectivity index (χ2v) is 8.28. The van der Waals surface area contributed by atoms with Gasteiger partial charge in [-0.25, -0.2) is 4.79 Å². The highest BCUT2D eigenvalue weighted by atomic mass is 32.2. The van der Waals surface area contributed by atoms with Crippen molar-refractivity contribution in [3.63, 3.8) is 0 Å². The van der Waals surface area contributed by atoms with E-state index < -0.39 is 5.97 Å². The molecule has 1 heterocycles. The molecule has 0 fully saturated rings. The average molecular weight is 489 g/mol. The fourth-order valence-electron chi connectivity index (χ4n) is 3.36. The van der Waals surface area contributed by atoms with Gasteiger partial charge in [-0.3, -0.25) is 9.36 Å². The summed E-state index contributed by atoms with van der Waals surface area (Å²) in [5.74, 6) is 0.945. The Kier molecular flexibility index (Phi) is 7.79. The summed E-state index contributed by atoms with van der Waals surface area (Å²) in [4.78, 5) is 24.2. The smallest absolute Gasteiger partial charge is 0.337 e. The van der Waals surface area contributed by atoms with Crippen molar-refractivity contribution in [1.82, 2.24) is 14.8 Å². The Hall–Kier alpha value is -4.11. The Balaban J connectivity index is 1.52. The summed E-state index contributed by atoms with van der Waals surface area (Å²) in [6.07, 6.45) is 0. The monoisotopic (exact) mass is 488 g/mol. The van der Waals surface area contributed by atoms with Crippen LogP contribution in [0.1, 0.15) is 17.3 Å². The molecule has 0 bridgehead atoms. The summed E-state index contributed by atoms with van der Waals surface area (Å²) in [5, 5.41) is 12.2. The maximum absolute atomic E-state index is 12.6. The van der Waals surface area contributed by atoms with Crippen molar-refractivity contribution in [2.45, 2.75) is 12.1 Å². The first kappa shape index (κ1) is 24.0. The zero-order valence-corrected chi connectivity index (χ0v) is 20.1. The maximum atomic E-state index is 12.6. The lowest BCUT2D eigenvalue weighted by atomic mass is 10.2. The van der Waals surface area contributed by atoms with Gasteiger partial charge in [0.05, 0.1) is 25.0 Å². The number of hydrogen-bond acceptors (Lipinski definition) is 7. The van der Waals surface area contributed by atoms with Crippen molar-refractivity contribution in [2.24, 2.45) is 0 Å². The molecule has 0 aliphatic carbocycles. The van der Waals surface area contributed by atoms with Gasteiger partial charge in [0.25, 0.3) is 0 Å². The summed E-state index contributed by atoms with van der Waals surface area (Å²) >= 11 is 1.28. The quantitative estimate of drug-likeness (QED) is 0.266. The molecule has 9 heteroatoms. The second-order valence-electron chi connectivity index (χ2n) is 7.34. The molecule has 0 saturated heterocycles. The van der Waals surface area contributed by atoms with E-state index in [1.54, 1.807) is 24.3 Å². The van der Waals surface area contributed by atoms with Crippen molar-refractivity contribution in [1.29, 1.82) is 0 Å². The second kappa shape index (κ2) is 11.3. The van der Waals surface area contributed by atoms with Crippen molar-refractivity contribution in [3.05, 3.63) is 84.4 Å². The number of nitrogens with zero attached hydrogens (tertiary/aromatic N) is 3. The van der Waals surface area contributed by atoms with Gasteiger partial charge in [0.1, 0.15) is 5.75 Å². The Morgan fingerprint density at radius 3 is 2.31 bits per heavy atom. The number of aromatic nitrogens is 3. The highest BCUT2D eigenvalue weighted by molar-refractivity contribution is 7.99. The van der Waals surface area contributed by atoms with Gasteiger partial charge in [-0.1, -0.05) is 42.1 Å². The molecule has 8 nitrogen and oxygen atoms in total. The largest absolute Gasteiger partial charge is 0.494 e. The number of esters is 1. The van der Waals surface area contributed by atoms with Gasteiger partial charge >= 0.3 is 5.97 Å². The molecule has 4 rings (SSSR count). The number of thioether (sulfide) groups is 1. The topological polar surface area (TPSA) is 95.3 Å². The van der Waals surface area contributed by atoms with Crippen molar-refractivity contribution >= 4 is 29.3 Å². The lowest BCUT2D eigenvalue weighted by molar-refractivity contribution is -0.113. The summed E-state index contributed by atoms with van der Waals surface area (Å²) in [6, 6.07) is 23.9. The molecule has 0 unspecified atom stereocenters. The van der Waals surface area contributed by atoms with Gasteiger partial charge in [-0.15, -0.1) is 10.2 Å². The van der Waals surface area contributed by atoms with Crippen LogP contribution >= 0.6 is 11.8 Å². The average Bonchev–Trinajstić information content (AvgIpc) is 3.32. The molecule has 35 heavy (non-hydrogen) atoms. The summed E-state index contributed by atoms with van der Waals surface area (Å²) in [5.41, 5.74) is 2.77. The first-order chi connectivity index (χ1) is 17.1. The van der Waals surface area contributed by atoms with Gasteiger partial charge < -0.3 is 14.8 Å². The minimum absolute atomic E-state index is 0.128. The lowest BCUT2D eigenvalue weighted by Crippen LogP contribution is -2.14. The van der Waals surface area contributed by atoms with E-state index in [2.05, 4.69) is 15.5 Å². The Morgan fingerprint density at radius 2 is 1.66 bits per heavy atom. The standard InChI is InChI=1S/C26H24N4O4S/c1-3-34-22-15-13-21(14-16-22)30-24(18-7-5-4-6-8-18)28-29-26(30)35-17-23(31)27-20-11-9-19(10-12-20)25(32)33-2/h4-16H,3,17H2,1-2H3,(H,27,31). The first-order valence-corrected chi connectivity index (χ1v) is 11.9. The van der Waals surface area contributed by atoms with E-state index in [9.17, 15) is 9.59 Å². The maximum Gasteiger partial charge on any atom is 0.337 e. The minimum Gasteiger partial charge on any atom is -0.494 e. The Labute approximate surface area is 207 Å². The number of rotatable bonds is 9. The zero-order valence-electron chi connectivity index (χ0n) is 19.3. The molecule has 0 atom stereocenters. The number of ether oxygens (including phenoxy) is 2. The van der Waals surface area contributed by atoms with Gasteiger partial charge in [-0.05, 0) is 55.5 Å². The predicted molar refractivity (Wildman–Crippen MR) is 135 cm³/mol. The number of amides is 1. The van der Waals surface area contributed by atoms with Gasteiger partial charge in [0.15, 0.2) is 11.0 Å². The van der Waals surface area contributed by atoms with Crippen molar-refractivity contribution < 1.29 is 19.1 Å². The van der Waals surface area contributed by atoms with Gasteiger partial charge in [0.2, 0.25) is 5.91 Å². The highest BCUT2D eigenvalue weighted by Gasteiger charge is 2.17. The lowest BCUT2D eigenvalue weighted by Gasteiger charge is -2.12. The number of benzene rings is 3. The third-order valence-corrected chi connectivity index (χ3v) is 5.92. The zero-order chi connectivity index (χ0) is 24.6. The molecule has 0 spiro atoms. The first-order valence-electron chi connectivity index (χ1n) is 10.9. The molecule has 4 aromatic rings. The number of hydrogen-bond donors (Lipinski definition) is 1. The highest BCUT2D eigenvalue weighted by Crippen LogP contribution is 2.29. The molecular weight excluding hydrogens is 464 g/mol. The Bertz CT molecular complexity index is 1290. The molecule has 0 saturated carbocycles. The summed E-state index contributed by atoms with van der Waals surface area (Å²) in [7, 11) is 1.32. The van der Waals surface area contributed by atoms with Crippen LogP contribution in [-0.4, -0.2) is 46.1 Å². The van der Waals surface area contributed by atoms with Crippen LogP contribution in [0.5, 0.6) is 5.75 Å². The van der Waals surface area contributed by atoms with Crippen molar-refractivity contribution in [3.8, 4) is 22.8 Å². The number of carbonyl (C=O) groups is 2. The normalized spacial score (nSPS) is 10.6. The van der Waals surface area contributed by atoms with E-state index in [-0.39, 0.29) is 11.7 Å². The predicted octanol–water partition coefficient (Wildman–Crippen LogP) is 4.85. The van der Waals surface area contributed by atoms with Crippen molar-refractivity contribution in [2.75, 3.05) is 24.8 Å². The fourth-order valence-corrected chi connectivity index (χ4v) is 4.12. The number of carbonyl (C=O) groups excluding carboxylic acids is 2. The molecule has 1 aromatic heterocycles. The number of nitrogens with one attached hydrogen (secondary N) is 1. The van der Waals surface area contributed by atoms with Crippen LogP contribution in [0.2, 0.25) is 0 Å². The summed E-state index contributed by atoms with van der Waals surface area (Å²) < 4.78 is 12.2. The summed E-state index contributed by atoms with van der Waals surface area (Å²) in [6.45, 7) is 2.53. The van der Waals surface area contributed by atoms with E-state index in [4.69, 9.17) is 9.47 Å². The van der Waals surface area contributed by atoms with E-state index >= 15 is 0 Å². The van der Waals surface area contributed by atoms with Crippen LogP contribution in [-0.2, 0) is 9.53 Å². The third kappa shape index (κ3) is 5.88.